The lowest BCUT2D eigenvalue weighted by Gasteiger charge is -2.37. The molecular formula is C16H29N3O3. The third-order valence-corrected chi connectivity index (χ3v) is 4.66. The average molecular weight is 311 g/mol. The molecule has 6 heteroatoms. The number of nitrogens with zero attached hydrogens (tertiary/aromatic N) is 1. The molecule has 126 valence electrons. The van der Waals surface area contributed by atoms with E-state index in [0.29, 0.717) is 31.8 Å². The third kappa shape index (κ3) is 5.25. The Labute approximate surface area is 132 Å². The Kier molecular flexibility index (Phi) is 7.12. The third-order valence-electron chi connectivity index (χ3n) is 4.66. The predicted octanol–water partition coefficient (Wildman–Crippen LogP) is 0.649. The van der Waals surface area contributed by atoms with Crippen molar-refractivity contribution < 1.29 is 14.3 Å². The van der Waals surface area contributed by atoms with Crippen molar-refractivity contribution in [2.24, 2.45) is 11.7 Å². The van der Waals surface area contributed by atoms with E-state index in [1.165, 1.54) is 0 Å². The Morgan fingerprint density at radius 3 is 2.68 bits per heavy atom. The minimum absolute atomic E-state index is 0.0232. The van der Waals surface area contributed by atoms with E-state index in [0.717, 1.165) is 51.9 Å². The lowest BCUT2D eigenvalue weighted by molar-refractivity contribution is -0.137. The zero-order chi connectivity index (χ0) is 15.8. The van der Waals surface area contributed by atoms with Gasteiger partial charge in [0.15, 0.2) is 0 Å². The zero-order valence-electron chi connectivity index (χ0n) is 13.4. The molecule has 2 aliphatic rings. The quantitative estimate of drug-likeness (QED) is 0.754. The van der Waals surface area contributed by atoms with Crippen molar-refractivity contribution in [3.05, 3.63) is 0 Å². The second kappa shape index (κ2) is 9.10. The highest BCUT2D eigenvalue weighted by atomic mass is 16.5. The maximum Gasteiger partial charge on any atom is 0.223 e. The molecule has 2 rings (SSSR count). The topological polar surface area (TPSA) is 84.7 Å². The zero-order valence-corrected chi connectivity index (χ0v) is 13.4. The van der Waals surface area contributed by atoms with Crippen molar-refractivity contribution in [1.29, 1.82) is 0 Å². The first-order chi connectivity index (χ1) is 10.7. The highest BCUT2D eigenvalue weighted by Gasteiger charge is 2.28. The first-order valence-corrected chi connectivity index (χ1v) is 8.54. The summed E-state index contributed by atoms with van der Waals surface area (Å²) in [5, 5.41) is 2.91. The molecule has 2 fully saturated rings. The van der Waals surface area contributed by atoms with Crippen molar-refractivity contribution in [3.8, 4) is 0 Å². The molecule has 1 atom stereocenters. The highest BCUT2D eigenvalue weighted by Crippen LogP contribution is 2.23. The summed E-state index contributed by atoms with van der Waals surface area (Å²) in [7, 11) is 0. The normalized spacial score (nSPS) is 23.3. The summed E-state index contributed by atoms with van der Waals surface area (Å²) >= 11 is 0. The van der Waals surface area contributed by atoms with Gasteiger partial charge < -0.3 is 20.7 Å². The van der Waals surface area contributed by atoms with E-state index < -0.39 is 0 Å². The second-order valence-electron chi connectivity index (χ2n) is 6.34. The Hall–Kier alpha value is -1.14. The van der Waals surface area contributed by atoms with Gasteiger partial charge in [-0.1, -0.05) is 0 Å². The van der Waals surface area contributed by atoms with Gasteiger partial charge in [-0.3, -0.25) is 9.59 Å². The molecule has 0 radical (unpaired) electrons. The summed E-state index contributed by atoms with van der Waals surface area (Å²) in [5.41, 5.74) is 5.38. The van der Waals surface area contributed by atoms with E-state index in [1.807, 2.05) is 4.90 Å². The number of carbonyl (C=O) groups excluding carboxylic acids is 2. The molecule has 3 N–H and O–H groups in total. The van der Waals surface area contributed by atoms with Crippen LogP contribution in [0.3, 0.4) is 0 Å². The van der Waals surface area contributed by atoms with Gasteiger partial charge in [0.2, 0.25) is 11.8 Å². The molecule has 6 nitrogen and oxygen atoms in total. The Bertz CT molecular complexity index is 370. The van der Waals surface area contributed by atoms with Crippen molar-refractivity contribution in [2.75, 3.05) is 32.8 Å². The summed E-state index contributed by atoms with van der Waals surface area (Å²) in [6, 6.07) is 0.141. The van der Waals surface area contributed by atoms with Crippen molar-refractivity contribution in [1.82, 2.24) is 10.2 Å². The fraction of sp³-hybridized carbons (Fsp3) is 0.875. The van der Waals surface area contributed by atoms with E-state index in [9.17, 15) is 9.59 Å². The van der Waals surface area contributed by atoms with Gasteiger partial charge in [0, 0.05) is 51.7 Å². The molecule has 0 aromatic heterocycles. The molecule has 2 heterocycles. The van der Waals surface area contributed by atoms with Crippen LogP contribution in [0.25, 0.3) is 0 Å². The van der Waals surface area contributed by atoms with Gasteiger partial charge in [-0.05, 0) is 38.0 Å². The number of carbonyl (C=O) groups is 2. The minimum atomic E-state index is -0.0232. The molecule has 0 aromatic rings. The number of amides is 2. The Morgan fingerprint density at radius 1 is 1.18 bits per heavy atom. The minimum Gasteiger partial charge on any atom is -0.381 e. The molecule has 2 saturated heterocycles. The number of rotatable bonds is 6. The van der Waals surface area contributed by atoms with Crippen LogP contribution in [0, 0.1) is 5.92 Å². The standard InChI is InChI=1S/C16H29N3O3/c17-7-4-15(20)18-12-14-3-1-2-8-19(14)16(21)11-13-5-9-22-10-6-13/h13-14H,1-12,17H2,(H,18,20). The van der Waals surface area contributed by atoms with Gasteiger partial charge in [-0.2, -0.15) is 0 Å². The molecule has 2 aliphatic heterocycles. The highest BCUT2D eigenvalue weighted by molar-refractivity contribution is 5.78. The van der Waals surface area contributed by atoms with Gasteiger partial charge in [0.05, 0.1) is 0 Å². The number of nitrogens with two attached hydrogens (primary N) is 1. The molecule has 0 saturated carbocycles. The molecule has 0 aromatic carbocycles. The lowest BCUT2D eigenvalue weighted by Crippen LogP contribution is -2.50. The molecule has 0 aliphatic carbocycles. The second-order valence-corrected chi connectivity index (χ2v) is 6.34. The van der Waals surface area contributed by atoms with E-state index in [2.05, 4.69) is 5.32 Å². The summed E-state index contributed by atoms with van der Waals surface area (Å²) in [5.74, 6) is 0.672. The van der Waals surface area contributed by atoms with Crippen molar-refractivity contribution >= 4 is 11.8 Å². The van der Waals surface area contributed by atoms with Crippen LogP contribution < -0.4 is 11.1 Å². The number of likely N-dealkylation sites (tertiary alicyclic amines) is 1. The first kappa shape index (κ1) is 17.2. The van der Waals surface area contributed by atoms with E-state index in [4.69, 9.17) is 10.5 Å². The van der Waals surface area contributed by atoms with E-state index >= 15 is 0 Å². The fourth-order valence-corrected chi connectivity index (χ4v) is 3.31. The Balaban J connectivity index is 1.82. The van der Waals surface area contributed by atoms with Gasteiger partial charge in [-0.15, -0.1) is 0 Å². The molecule has 0 bridgehead atoms. The molecule has 2 amide bonds. The van der Waals surface area contributed by atoms with Crippen LogP contribution in [0.1, 0.15) is 44.9 Å². The van der Waals surface area contributed by atoms with Crippen LogP contribution in [-0.2, 0) is 14.3 Å². The molecule has 22 heavy (non-hydrogen) atoms. The maximum atomic E-state index is 12.6. The molecule has 0 spiro atoms. The summed E-state index contributed by atoms with van der Waals surface area (Å²) < 4.78 is 5.35. The van der Waals surface area contributed by atoms with Crippen LogP contribution in [0.5, 0.6) is 0 Å². The number of nitrogens with one attached hydrogen (secondary N) is 1. The van der Waals surface area contributed by atoms with Crippen molar-refractivity contribution in [2.45, 2.75) is 51.0 Å². The molecular weight excluding hydrogens is 282 g/mol. The van der Waals surface area contributed by atoms with Crippen LogP contribution in [0.2, 0.25) is 0 Å². The predicted molar refractivity (Wildman–Crippen MR) is 84.2 cm³/mol. The number of ether oxygens (including phenoxy) is 1. The summed E-state index contributed by atoms with van der Waals surface area (Å²) in [6.07, 6.45) is 6.10. The largest absolute Gasteiger partial charge is 0.381 e. The first-order valence-electron chi connectivity index (χ1n) is 8.54. The average Bonchev–Trinajstić information content (AvgIpc) is 2.54. The van der Waals surface area contributed by atoms with Crippen LogP contribution in [0.15, 0.2) is 0 Å². The number of hydrogen-bond donors (Lipinski definition) is 2. The van der Waals surface area contributed by atoms with Crippen LogP contribution in [-0.4, -0.2) is 55.6 Å². The van der Waals surface area contributed by atoms with Gasteiger partial charge in [0.25, 0.3) is 0 Å². The van der Waals surface area contributed by atoms with Crippen LogP contribution >= 0.6 is 0 Å². The molecule has 1 unspecified atom stereocenters. The van der Waals surface area contributed by atoms with E-state index in [-0.39, 0.29) is 17.9 Å². The smallest absolute Gasteiger partial charge is 0.223 e. The number of piperidine rings is 1. The monoisotopic (exact) mass is 311 g/mol. The van der Waals surface area contributed by atoms with Gasteiger partial charge in [0.1, 0.15) is 0 Å². The lowest BCUT2D eigenvalue weighted by atomic mass is 9.94. The van der Waals surface area contributed by atoms with Crippen LogP contribution in [0.4, 0.5) is 0 Å². The van der Waals surface area contributed by atoms with Gasteiger partial charge in [-0.25, -0.2) is 0 Å². The number of hydrogen-bond acceptors (Lipinski definition) is 4. The van der Waals surface area contributed by atoms with Gasteiger partial charge >= 0.3 is 0 Å². The maximum absolute atomic E-state index is 12.6. The summed E-state index contributed by atoms with van der Waals surface area (Å²) in [4.78, 5) is 26.2. The van der Waals surface area contributed by atoms with Crippen molar-refractivity contribution in [3.63, 3.8) is 0 Å². The van der Waals surface area contributed by atoms with E-state index in [1.54, 1.807) is 0 Å². The SMILES string of the molecule is NCCC(=O)NCC1CCCCN1C(=O)CC1CCOCC1. The fourth-order valence-electron chi connectivity index (χ4n) is 3.31. The summed E-state index contributed by atoms with van der Waals surface area (Å²) in [6.45, 7) is 3.29. The Morgan fingerprint density at radius 2 is 1.95 bits per heavy atom.